The SMILES string of the molecule is CC(C)NCCCCCCNC1CC1. The largest absolute Gasteiger partial charge is 0.315 e. The molecule has 0 bridgehead atoms. The highest BCUT2D eigenvalue weighted by atomic mass is 14.9. The zero-order chi connectivity index (χ0) is 10.2. The van der Waals surface area contributed by atoms with E-state index in [4.69, 9.17) is 0 Å². The molecule has 0 aromatic carbocycles. The maximum atomic E-state index is 3.55. The smallest absolute Gasteiger partial charge is 0.00682 e. The molecule has 1 saturated carbocycles. The van der Waals surface area contributed by atoms with Gasteiger partial charge in [0.2, 0.25) is 0 Å². The first-order valence-electron chi connectivity index (χ1n) is 6.26. The molecule has 0 atom stereocenters. The first kappa shape index (κ1) is 12.0. The molecule has 2 heteroatoms. The predicted molar refractivity (Wildman–Crippen MR) is 62.6 cm³/mol. The summed E-state index contributed by atoms with van der Waals surface area (Å²) in [6.07, 6.45) is 8.29. The Morgan fingerprint density at radius 1 is 1.00 bits per heavy atom. The highest BCUT2D eigenvalue weighted by Crippen LogP contribution is 2.18. The first-order valence-corrected chi connectivity index (χ1v) is 6.26. The second-order valence-corrected chi connectivity index (χ2v) is 4.75. The third-order valence-corrected chi connectivity index (χ3v) is 2.67. The predicted octanol–water partition coefficient (Wildman–Crippen LogP) is 2.30. The van der Waals surface area contributed by atoms with E-state index in [1.54, 1.807) is 0 Å². The summed E-state index contributed by atoms with van der Waals surface area (Å²) in [6, 6.07) is 1.53. The van der Waals surface area contributed by atoms with Crippen LogP contribution in [0.3, 0.4) is 0 Å². The first-order chi connectivity index (χ1) is 6.79. The number of unbranched alkanes of at least 4 members (excludes halogenated alkanes) is 3. The van der Waals surface area contributed by atoms with E-state index in [0.717, 1.165) is 6.04 Å². The van der Waals surface area contributed by atoms with E-state index in [9.17, 15) is 0 Å². The summed E-state index contributed by atoms with van der Waals surface area (Å²) in [5, 5.41) is 7.00. The van der Waals surface area contributed by atoms with Crippen molar-refractivity contribution in [3.05, 3.63) is 0 Å². The number of hydrogen-bond acceptors (Lipinski definition) is 2. The van der Waals surface area contributed by atoms with Crippen LogP contribution in [0.1, 0.15) is 52.4 Å². The zero-order valence-electron chi connectivity index (χ0n) is 9.81. The van der Waals surface area contributed by atoms with E-state index < -0.39 is 0 Å². The Morgan fingerprint density at radius 2 is 1.64 bits per heavy atom. The molecule has 0 aromatic heterocycles. The van der Waals surface area contributed by atoms with E-state index in [2.05, 4.69) is 24.5 Å². The van der Waals surface area contributed by atoms with Crippen LogP contribution >= 0.6 is 0 Å². The van der Waals surface area contributed by atoms with Crippen LogP contribution in [0.5, 0.6) is 0 Å². The molecule has 0 unspecified atom stereocenters. The minimum atomic E-state index is 0.645. The minimum Gasteiger partial charge on any atom is -0.315 e. The van der Waals surface area contributed by atoms with Crippen molar-refractivity contribution in [2.75, 3.05) is 13.1 Å². The molecule has 1 rings (SSSR count). The second-order valence-electron chi connectivity index (χ2n) is 4.75. The molecule has 0 amide bonds. The van der Waals surface area contributed by atoms with Gasteiger partial charge in [0.05, 0.1) is 0 Å². The molecule has 1 aliphatic carbocycles. The van der Waals surface area contributed by atoms with Gasteiger partial charge in [0.1, 0.15) is 0 Å². The second kappa shape index (κ2) is 7.24. The van der Waals surface area contributed by atoms with Crippen LogP contribution in [0.15, 0.2) is 0 Å². The van der Waals surface area contributed by atoms with Crippen LogP contribution < -0.4 is 10.6 Å². The number of nitrogens with one attached hydrogen (secondary N) is 2. The Bertz CT molecular complexity index is 122. The zero-order valence-corrected chi connectivity index (χ0v) is 9.81. The molecule has 14 heavy (non-hydrogen) atoms. The van der Waals surface area contributed by atoms with E-state index >= 15 is 0 Å². The van der Waals surface area contributed by atoms with Gasteiger partial charge in [0.25, 0.3) is 0 Å². The fourth-order valence-electron chi connectivity index (χ4n) is 1.59. The van der Waals surface area contributed by atoms with Gasteiger partial charge in [-0.15, -0.1) is 0 Å². The van der Waals surface area contributed by atoms with Gasteiger partial charge in [-0.3, -0.25) is 0 Å². The van der Waals surface area contributed by atoms with Gasteiger partial charge >= 0.3 is 0 Å². The Balaban J connectivity index is 1.66. The third-order valence-electron chi connectivity index (χ3n) is 2.67. The summed E-state index contributed by atoms with van der Waals surface area (Å²) in [6.45, 7) is 6.84. The summed E-state index contributed by atoms with van der Waals surface area (Å²) in [4.78, 5) is 0. The topological polar surface area (TPSA) is 24.1 Å². The van der Waals surface area contributed by atoms with Crippen molar-refractivity contribution in [3.63, 3.8) is 0 Å². The lowest BCUT2D eigenvalue weighted by atomic mass is 10.2. The van der Waals surface area contributed by atoms with Crippen LogP contribution in [0.25, 0.3) is 0 Å². The molecular formula is C12H26N2. The average Bonchev–Trinajstić information content (AvgIpc) is 2.92. The van der Waals surface area contributed by atoms with E-state index in [1.807, 2.05) is 0 Å². The van der Waals surface area contributed by atoms with Crippen molar-refractivity contribution in [3.8, 4) is 0 Å². The molecule has 84 valence electrons. The molecule has 2 nitrogen and oxygen atoms in total. The van der Waals surface area contributed by atoms with Crippen molar-refractivity contribution in [2.24, 2.45) is 0 Å². The molecule has 2 N–H and O–H groups in total. The Kier molecular flexibility index (Phi) is 6.20. The van der Waals surface area contributed by atoms with Gasteiger partial charge in [-0.1, -0.05) is 26.7 Å². The fourth-order valence-corrected chi connectivity index (χ4v) is 1.59. The van der Waals surface area contributed by atoms with Gasteiger partial charge < -0.3 is 10.6 Å². The maximum absolute atomic E-state index is 3.55. The Hall–Kier alpha value is -0.0800. The lowest BCUT2D eigenvalue weighted by molar-refractivity contribution is 0.532. The van der Waals surface area contributed by atoms with Crippen LogP contribution in [0.2, 0.25) is 0 Å². The van der Waals surface area contributed by atoms with Gasteiger partial charge in [0.15, 0.2) is 0 Å². The van der Waals surface area contributed by atoms with Crippen molar-refractivity contribution in [1.82, 2.24) is 10.6 Å². The van der Waals surface area contributed by atoms with Crippen molar-refractivity contribution < 1.29 is 0 Å². The standard InChI is InChI=1S/C12H26N2/c1-11(2)13-9-5-3-4-6-10-14-12-7-8-12/h11-14H,3-10H2,1-2H3. The van der Waals surface area contributed by atoms with E-state index in [-0.39, 0.29) is 0 Å². The van der Waals surface area contributed by atoms with Crippen molar-refractivity contribution in [1.29, 1.82) is 0 Å². The quantitative estimate of drug-likeness (QED) is 0.556. The van der Waals surface area contributed by atoms with Crippen LogP contribution in [-0.4, -0.2) is 25.2 Å². The van der Waals surface area contributed by atoms with Crippen LogP contribution in [0, 0.1) is 0 Å². The fraction of sp³-hybridized carbons (Fsp3) is 1.00. The number of hydrogen-bond donors (Lipinski definition) is 2. The summed E-state index contributed by atoms with van der Waals surface area (Å²) < 4.78 is 0. The highest BCUT2D eigenvalue weighted by Gasteiger charge is 2.19. The van der Waals surface area contributed by atoms with E-state index in [1.165, 1.54) is 51.6 Å². The molecule has 0 saturated heterocycles. The molecule has 0 spiro atoms. The lowest BCUT2D eigenvalue weighted by Crippen LogP contribution is -2.23. The van der Waals surface area contributed by atoms with E-state index in [0.29, 0.717) is 6.04 Å². The monoisotopic (exact) mass is 198 g/mol. The van der Waals surface area contributed by atoms with Crippen LogP contribution in [-0.2, 0) is 0 Å². The van der Waals surface area contributed by atoms with Crippen LogP contribution in [0.4, 0.5) is 0 Å². The molecule has 0 aliphatic heterocycles. The Labute approximate surface area is 88.8 Å². The minimum absolute atomic E-state index is 0.645. The van der Waals surface area contributed by atoms with Gasteiger partial charge in [-0.25, -0.2) is 0 Å². The summed E-state index contributed by atoms with van der Waals surface area (Å²) in [5.74, 6) is 0. The molecule has 0 radical (unpaired) electrons. The lowest BCUT2D eigenvalue weighted by Gasteiger charge is -2.07. The molecule has 0 aromatic rings. The van der Waals surface area contributed by atoms with Crippen molar-refractivity contribution in [2.45, 2.75) is 64.5 Å². The summed E-state index contributed by atoms with van der Waals surface area (Å²) >= 11 is 0. The number of rotatable bonds is 9. The third kappa shape index (κ3) is 7.34. The van der Waals surface area contributed by atoms with Gasteiger partial charge in [0, 0.05) is 12.1 Å². The summed E-state index contributed by atoms with van der Waals surface area (Å²) in [7, 11) is 0. The van der Waals surface area contributed by atoms with Gasteiger partial charge in [-0.05, 0) is 38.8 Å². The highest BCUT2D eigenvalue weighted by molar-refractivity contribution is 4.80. The normalized spacial score (nSPS) is 16.5. The average molecular weight is 198 g/mol. The van der Waals surface area contributed by atoms with Gasteiger partial charge in [-0.2, -0.15) is 0 Å². The molecule has 1 aliphatic rings. The van der Waals surface area contributed by atoms with Crippen molar-refractivity contribution >= 4 is 0 Å². The Morgan fingerprint density at radius 3 is 2.21 bits per heavy atom. The molecule has 0 heterocycles. The molecular weight excluding hydrogens is 172 g/mol. The molecule has 1 fully saturated rings. The summed E-state index contributed by atoms with van der Waals surface area (Å²) in [5.41, 5.74) is 0. The maximum Gasteiger partial charge on any atom is 0.00682 e.